The summed E-state index contributed by atoms with van der Waals surface area (Å²) in [6.07, 6.45) is 8.03. The topological polar surface area (TPSA) is 53.2 Å². The van der Waals surface area contributed by atoms with E-state index in [1.165, 1.54) is 31.7 Å². The summed E-state index contributed by atoms with van der Waals surface area (Å²) in [6, 6.07) is 3.08. The van der Waals surface area contributed by atoms with E-state index in [0.717, 1.165) is 25.4 Å². The molecule has 1 saturated heterocycles. The first-order valence-electron chi connectivity index (χ1n) is 7.22. The Morgan fingerprint density at radius 3 is 2.74 bits per heavy atom. The molecule has 1 amide bonds. The number of H-pyrrole nitrogens is 1. The molecule has 1 N–H and O–H groups in total. The number of hydrogen-bond donors (Lipinski definition) is 1. The molecule has 3 rings (SSSR count). The van der Waals surface area contributed by atoms with Gasteiger partial charge in [-0.25, -0.2) is 0 Å². The van der Waals surface area contributed by atoms with Crippen LogP contribution in [0.5, 0.6) is 0 Å². The Hall–Kier alpha value is -1.58. The van der Waals surface area contributed by atoms with Crippen molar-refractivity contribution >= 4 is 5.91 Å². The van der Waals surface area contributed by atoms with Crippen LogP contribution in [-0.2, 0) is 0 Å². The zero-order valence-electron chi connectivity index (χ0n) is 11.1. The Bertz CT molecular complexity index is 517. The van der Waals surface area contributed by atoms with Gasteiger partial charge in [0, 0.05) is 30.9 Å². The standard InChI is InChI=1S/C15H20N2O2/c18-14-9-12(5-7-16-14)15(19)17-8-6-13(10-17)11-3-1-2-4-11/h5,7,9,11,13H,1-4,6,8,10H2,(H,16,18). The molecule has 4 nitrogen and oxygen atoms in total. The molecule has 1 unspecified atom stereocenters. The van der Waals surface area contributed by atoms with Gasteiger partial charge in [-0.15, -0.1) is 0 Å². The number of carbonyl (C=O) groups excluding carboxylic acids is 1. The van der Waals surface area contributed by atoms with Crippen LogP contribution in [0.2, 0.25) is 0 Å². The highest BCUT2D eigenvalue weighted by atomic mass is 16.2. The number of aromatic amines is 1. The second-order valence-electron chi connectivity index (χ2n) is 5.79. The first-order chi connectivity index (χ1) is 9.24. The van der Waals surface area contributed by atoms with E-state index in [1.54, 1.807) is 12.3 Å². The molecular formula is C15H20N2O2. The van der Waals surface area contributed by atoms with Crippen LogP contribution in [-0.4, -0.2) is 28.9 Å². The van der Waals surface area contributed by atoms with E-state index in [9.17, 15) is 9.59 Å². The molecule has 2 heterocycles. The third kappa shape index (κ3) is 2.57. The lowest BCUT2D eigenvalue weighted by molar-refractivity contribution is 0.0782. The molecule has 0 spiro atoms. The van der Waals surface area contributed by atoms with Crippen molar-refractivity contribution in [1.29, 1.82) is 0 Å². The van der Waals surface area contributed by atoms with Crippen LogP contribution in [0.15, 0.2) is 23.1 Å². The minimum absolute atomic E-state index is 0.00611. The molecule has 19 heavy (non-hydrogen) atoms. The van der Waals surface area contributed by atoms with Crippen LogP contribution < -0.4 is 5.56 Å². The Balaban J connectivity index is 1.67. The number of amides is 1. The molecule has 1 saturated carbocycles. The number of nitrogens with zero attached hydrogens (tertiary/aromatic N) is 1. The monoisotopic (exact) mass is 260 g/mol. The molecule has 1 atom stereocenters. The number of carbonyl (C=O) groups is 1. The Kier molecular flexibility index (Phi) is 3.40. The molecule has 2 aliphatic rings. The number of hydrogen-bond acceptors (Lipinski definition) is 2. The molecule has 1 aromatic rings. The van der Waals surface area contributed by atoms with E-state index in [1.807, 2.05) is 4.90 Å². The van der Waals surface area contributed by atoms with Crippen molar-refractivity contribution in [1.82, 2.24) is 9.88 Å². The van der Waals surface area contributed by atoms with E-state index >= 15 is 0 Å². The van der Waals surface area contributed by atoms with Gasteiger partial charge in [0.25, 0.3) is 5.91 Å². The van der Waals surface area contributed by atoms with E-state index in [0.29, 0.717) is 11.5 Å². The summed E-state index contributed by atoms with van der Waals surface area (Å²) < 4.78 is 0. The average molecular weight is 260 g/mol. The summed E-state index contributed by atoms with van der Waals surface area (Å²) in [5.74, 6) is 1.50. The smallest absolute Gasteiger partial charge is 0.254 e. The maximum Gasteiger partial charge on any atom is 0.254 e. The molecule has 1 aliphatic heterocycles. The van der Waals surface area contributed by atoms with Crippen molar-refractivity contribution in [3.63, 3.8) is 0 Å². The van der Waals surface area contributed by atoms with E-state index in [-0.39, 0.29) is 11.5 Å². The van der Waals surface area contributed by atoms with Gasteiger partial charge in [0.05, 0.1) is 0 Å². The number of aromatic nitrogens is 1. The number of pyridine rings is 1. The van der Waals surface area contributed by atoms with Crippen molar-refractivity contribution in [2.24, 2.45) is 11.8 Å². The second-order valence-corrected chi connectivity index (χ2v) is 5.79. The van der Waals surface area contributed by atoms with Gasteiger partial charge < -0.3 is 9.88 Å². The largest absolute Gasteiger partial charge is 0.338 e. The summed E-state index contributed by atoms with van der Waals surface area (Å²) in [6.45, 7) is 1.71. The predicted octanol–water partition coefficient (Wildman–Crippen LogP) is 2.03. The molecule has 0 radical (unpaired) electrons. The van der Waals surface area contributed by atoms with Gasteiger partial charge in [-0.3, -0.25) is 9.59 Å². The van der Waals surface area contributed by atoms with Gasteiger partial charge in [-0.2, -0.15) is 0 Å². The van der Waals surface area contributed by atoms with Crippen LogP contribution in [0.4, 0.5) is 0 Å². The average Bonchev–Trinajstić information content (AvgIpc) is 3.08. The van der Waals surface area contributed by atoms with Crippen LogP contribution in [0.1, 0.15) is 42.5 Å². The maximum absolute atomic E-state index is 12.3. The van der Waals surface area contributed by atoms with E-state index in [4.69, 9.17) is 0 Å². The Morgan fingerprint density at radius 2 is 2.00 bits per heavy atom. The van der Waals surface area contributed by atoms with Crippen molar-refractivity contribution in [3.05, 3.63) is 34.2 Å². The second kappa shape index (κ2) is 5.19. The SMILES string of the molecule is O=C(c1cc[nH]c(=O)c1)N1CCC(C2CCCC2)C1. The lowest BCUT2D eigenvalue weighted by Crippen LogP contribution is -2.30. The fourth-order valence-electron chi connectivity index (χ4n) is 3.55. The number of likely N-dealkylation sites (tertiary alicyclic amines) is 1. The fraction of sp³-hybridized carbons (Fsp3) is 0.600. The highest BCUT2D eigenvalue weighted by Gasteiger charge is 2.33. The quantitative estimate of drug-likeness (QED) is 0.884. The van der Waals surface area contributed by atoms with E-state index in [2.05, 4.69) is 4.98 Å². The van der Waals surface area contributed by atoms with Crippen molar-refractivity contribution < 1.29 is 4.79 Å². The zero-order valence-corrected chi connectivity index (χ0v) is 11.1. The van der Waals surface area contributed by atoms with Crippen LogP contribution in [0.25, 0.3) is 0 Å². The third-order valence-electron chi connectivity index (χ3n) is 4.60. The van der Waals surface area contributed by atoms with Gasteiger partial charge in [-0.05, 0) is 24.3 Å². The van der Waals surface area contributed by atoms with Gasteiger partial charge in [0.15, 0.2) is 0 Å². The first kappa shape index (κ1) is 12.5. The molecule has 0 aromatic carbocycles. The fourth-order valence-corrected chi connectivity index (χ4v) is 3.55. The lowest BCUT2D eigenvalue weighted by Gasteiger charge is -2.19. The summed E-state index contributed by atoms with van der Waals surface area (Å²) in [5, 5.41) is 0. The molecule has 2 fully saturated rings. The minimum Gasteiger partial charge on any atom is -0.338 e. The van der Waals surface area contributed by atoms with Gasteiger partial charge >= 0.3 is 0 Å². The molecule has 102 valence electrons. The molecule has 1 aliphatic carbocycles. The molecule has 4 heteroatoms. The van der Waals surface area contributed by atoms with Crippen molar-refractivity contribution in [2.75, 3.05) is 13.1 Å². The number of rotatable bonds is 2. The summed E-state index contributed by atoms with van der Waals surface area (Å²) >= 11 is 0. The molecule has 1 aromatic heterocycles. The highest BCUT2D eigenvalue weighted by molar-refractivity contribution is 5.94. The van der Waals surface area contributed by atoms with Crippen LogP contribution in [0.3, 0.4) is 0 Å². The van der Waals surface area contributed by atoms with Crippen molar-refractivity contribution in [3.8, 4) is 0 Å². The molecular weight excluding hydrogens is 240 g/mol. The lowest BCUT2D eigenvalue weighted by atomic mass is 9.90. The summed E-state index contributed by atoms with van der Waals surface area (Å²) in [4.78, 5) is 28.0. The normalized spacial score (nSPS) is 24.0. The van der Waals surface area contributed by atoms with Gasteiger partial charge in [-0.1, -0.05) is 25.7 Å². The van der Waals surface area contributed by atoms with Crippen LogP contribution >= 0.6 is 0 Å². The summed E-state index contributed by atoms with van der Waals surface area (Å²) in [5.41, 5.74) is 0.299. The third-order valence-corrected chi connectivity index (χ3v) is 4.60. The molecule has 0 bridgehead atoms. The Labute approximate surface area is 112 Å². The van der Waals surface area contributed by atoms with E-state index < -0.39 is 0 Å². The number of nitrogens with one attached hydrogen (secondary N) is 1. The minimum atomic E-state index is -0.211. The predicted molar refractivity (Wildman–Crippen MR) is 73.0 cm³/mol. The highest BCUT2D eigenvalue weighted by Crippen LogP contribution is 2.36. The van der Waals surface area contributed by atoms with Gasteiger partial charge in [0.1, 0.15) is 0 Å². The first-order valence-corrected chi connectivity index (χ1v) is 7.22. The Morgan fingerprint density at radius 1 is 1.21 bits per heavy atom. The maximum atomic E-state index is 12.3. The zero-order chi connectivity index (χ0) is 13.2. The van der Waals surface area contributed by atoms with Crippen LogP contribution in [0, 0.1) is 11.8 Å². The van der Waals surface area contributed by atoms with Gasteiger partial charge in [0.2, 0.25) is 5.56 Å². The summed E-state index contributed by atoms with van der Waals surface area (Å²) in [7, 11) is 0. The van der Waals surface area contributed by atoms with Crippen molar-refractivity contribution in [2.45, 2.75) is 32.1 Å².